The number of aromatic amines is 1. The number of nitrogens with two attached hydrogens (primary N) is 1. The molecule has 0 unspecified atom stereocenters. The van der Waals surface area contributed by atoms with Gasteiger partial charge in [0.25, 0.3) is 0 Å². The van der Waals surface area contributed by atoms with Gasteiger partial charge in [0.15, 0.2) is 0 Å². The topological polar surface area (TPSA) is 81.0 Å². The van der Waals surface area contributed by atoms with E-state index in [1.54, 1.807) is 19.2 Å². The second-order valence-electron chi connectivity index (χ2n) is 4.76. The Hall–Kier alpha value is -2.82. The second kappa shape index (κ2) is 5.28. The van der Waals surface area contributed by atoms with Gasteiger partial charge in [0, 0.05) is 22.9 Å². The number of hydrogen-bond donors (Lipinski definition) is 2. The van der Waals surface area contributed by atoms with E-state index < -0.39 is 5.91 Å². The Morgan fingerprint density at radius 1 is 1.38 bits per heavy atom. The van der Waals surface area contributed by atoms with Crippen molar-refractivity contribution in [1.29, 1.82) is 0 Å². The molecule has 1 heterocycles. The van der Waals surface area contributed by atoms with Crippen LogP contribution in [0, 0.1) is 0 Å². The van der Waals surface area contributed by atoms with Gasteiger partial charge in [0.1, 0.15) is 0 Å². The highest BCUT2D eigenvalue weighted by molar-refractivity contribution is 6.00. The molecule has 1 aromatic carbocycles. The molecule has 1 aromatic heterocycles. The summed E-state index contributed by atoms with van der Waals surface area (Å²) in [4.78, 5) is 11.3. The van der Waals surface area contributed by atoms with Crippen molar-refractivity contribution in [2.45, 2.75) is 6.42 Å². The highest BCUT2D eigenvalue weighted by Crippen LogP contribution is 2.26. The lowest BCUT2D eigenvalue weighted by Crippen LogP contribution is -2.10. The molecular weight excluding hydrogens is 266 g/mol. The number of benzene rings is 1. The number of carbonyl (C=O) groups is 1. The third-order valence-electron chi connectivity index (χ3n) is 3.45. The van der Waals surface area contributed by atoms with Crippen molar-refractivity contribution in [2.75, 3.05) is 7.11 Å². The third-order valence-corrected chi connectivity index (χ3v) is 3.45. The molecule has 0 bridgehead atoms. The third kappa shape index (κ3) is 2.45. The smallest absolute Gasteiger partial charge is 0.248 e. The van der Waals surface area contributed by atoms with E-state index in [1.165, 1.54) is 0 Å². The van der Waals surface area contributed by atoms with E-state index >= 15 is 0 Å². The van der Waals surface area contributed by atoms with Crippen LogP contribution in [0.5, 0.6) is 0 Å². The number of hydrogen-bond acceptors (Lipinski definition) is 3. The maximum atomic E-state index is 11.3. The molecule has 0 spiro atoms. The summed E-state index contributed by atoms with van der Waals surface area (Å²) in [5.74, 6) is 0.440. The largest absolute Gasteiger partial charge is 0.501 e. The van der Waals surface area contributed by atoms with Gasteiger partial charge in [-0.1, -0.05) is 12.2 Å². The zero-order valence-corrected chi connectivity index (χ0v) is 11.6. The van der Waals surface area contributed by atoms with Crippen molar-refractivity contribution in [3.63, 3.8) is 0 Å². The van der Waals surface area contributed by atoms with Gasteiger partial charge in [-0.3, -0.25) is 9.89 Å². The van der Waals surface area contributed by atoms with E-state index in [1.807, 2.05) is 30.4 Å². The number of carbonyl (C=O) groups excluding carboxylic acids is 1. The molecule has 1 aliphatic carbocycles. The summed E-state index contributed by atoms with van der Waals surface area (Å²) < 4.78 is 5.25. The van der Waals surface area contributed by atoms with Crippen LogP contribution in [-0.2, 0) is 4.74 Å². The average Bonchev–Trinajstić information content (AvgIpc) is 2.76. The molecule has 3 N–H and O–H groups in total. The first-order valence-electron chi connectivity index (χ1n) is 6.58. The fourth-order valence-corrected chi connectivity index (χ4v) is 2.30. The number of aromatic nitrogens is 2. The first-order chi connectivity index (χ1) is 10.2. The molecule has 2 aromatic rings. The lowest BCUT2D eigenvalue weighted by Gasteiger charge is -1.99. The Kier molecular flexibility index (Phi) is 3.31. The van der Waals surface area contributed by atoms with E-state index in [9.17, 15) is 4.79 Å². The van der Waals surface area contributed by atoms with Crippen LogP contribution in [-0.4, -0.2) is 23.2 Å². The van der Waals surface area contributed by atoms with Crippen LogP contribution in [0.25, 0.3) is 16.5 Å². The number of primary amides is 1. The molecule has 0 atom stereocenters. The normalized spacial score (nSPS) is 14.5. The van der Waals surface area contributed by atoms with Gasteiger partial charge in [-0.25, -0.2) is 0 Å². The monoisotopic (exact) mass is 281 g/mol. The summed E-state index contributed by atoms with van der Waals surface area (Å²) in [5.41, 5.74) is 8.42. The van der Waals surface area contributed by atoms with Crippen molar-refractivity contribution in [3.8, 4) is 0 Å². The number of rotatable bonds is 3. The van der Waals surface area contributed by atoms with Crippen LogP contribution in [0.3, 0.4) is 0 Å². The molecule has 0 aliphatic heterocycles. The van der Waals surface area contributed by atoms with Gasteiger partial charge in [0.2, 0.25) is 5.91 Å². The summed E-state index contributed by atoms with van der Waals surface area (Å²) in [7, 11) is 1.65. The van der Waals surface area contributed by atoms with Crippen LogP contribution in [0.15, 0.2) is 48.3 Å². The van der Waals surface area contributed by atoms with E-state index in [-0.39, 0.29) is 0 Å². The predicted octanol–water partition coefficient (Wildman–Crippen LogP) is 2.54. The number of H-pyrrole nitrogens is 1. The van der Waals surface area contributed by atoms with E-state index in [0.29, 0.717) is 5.56 Å². The van der Waals surface area contributed by atoms with Gasteiger partial charge in [-0.15, -0.1) is 0 Å². The summed E-state index contributed by atoms with van der Waals surface area (Å²) >= 11 is 0. The van der Waals surface area contributed by atoms with Gasteiger partial charge < -0.3 is 10.5 Å². The molecule has 0 fully saturated rings. The minimum absolute atomic E-state index is 0.448. The molecule has 1 aliphatic rings. The molecular formula is C16H15N3O2. The Bertz CT molecular complexity index is 797. The molecule has 21 heavy (non-hydrogen) atoms. The van der Waals surface area contributed by atoms with Gasteiger partial charge in [-0.05, 0) is 30.4 Å². The number of nitrogens with one attached hydrogen (secondary N) is 1. The standard InChI is InChI=1S/C16H15N3O2/c1-21-12-4-2-3-10(5-7-12)15-13-9-11(16(17)20)6-8-14(13)18-19-15/h2-3,5-9H,4H2,1H3,(H2,17,20)(H,18,19). The van der Waals surface area contributed by atoms with E-state index in [2.05, 4.69) is 10.2 Å². The molecule has 106 valence electrons. The Balaban J connectivity index is 2.12. The zero-order valence-electron chi connectivity index (χ0n) is 11.6. The molecule has 0 radical (unpaired) electrons. The number of fused-ring (bicyclic) bond motifs is 1. The van der Waals surface area contributed by atoms with E-state index in [4.69, 9.17) is 10.5 Å². The highest BCUT2D eigenvalue weighted by atomic mass is 16.5. The molecule has 5 nitrogen and oxygen atoms in total. The Labute approximate surface area is 121 Å². The minimum atomic E-state index is -0.448. The summed E-state index contributed by atoms with van der Waals surface area (Å²) in [6, 6.07) is 5.26. The fourth-order valence-electron chi connectivity index (χ4n) is 2.30. The molecule has 5 heteroatoms. The lowest BCUT2D eigenvalue weighted by atomic mass is 10.1. The summed E-state index contributed by atoms with van der Waals surface area (Å²) in [5, 5.41) is 8.19. The predicted molar refractivity (Wildman–Crippen MR) is 81.4 cm³/mol. The van der Waals surface area contributed by atoms with Crippen LogP contribution in [0.1, 0.15) is 22.5 Å². The highest BCUT2D eigenvalue weighted by Gasteiger charge is 2.12. The number of ether oxygens (including phenoxy) is 1. The van der Waals surface area contributed by atoms with Crippen molar-refractivity contribution < 1.29 is 9.53 Å². The van der Waals surface area contributed by atoms with Gasteiger partial charge >= 0.3 is 0 Å². The molecule has 3 rings (SSSR count). The van der Waals surface area contributed by atoms with Crippen molar-refractivity contribution in [2.24, 2.45) is 5.73 Å². The molecule has 0 saturated carbocycles. The second-order valence-corrected chi connectivity index (χ2v) is 4.76. The van der Waals surface area contributed by atoms with Crippen LogP contribution < -0.4 is 5.73 Å². The van der Waals surface area contributed by atoms with Crippen molar-refractivity contribution >= 4 is 22.4 Å². The molecule has 0 saturated heterocycles. The Morgan fingerprint density at radius 2 is 2.24 bits per heavy atom. The minimum Gasteiger partial charge on any atom is -0.501 e. The number of allylic oxidation sites excluding steroid dienone is 5. The van der Waals surface area contributed by atoms with Crippen LogP contribution >= 0.6 is 0 Å². The summed E-state index contributed by atoms with van der Waals surface area (Å²) in [6.45, 7) is 0. The number of amides is 1. The summed E-state index contributed by atoms with van der Waals surface area (Å²) in [6.07, 6.45) is 8.63. The number of nitrogens with zero attached hydrogens (tertiary/aromatic N) is 1. The quantitative estimate of drug-likeness (QED) is 0.907. The molecule has 1 amide bonds. The van der Waals surface area contributed by atoms with Gasteiger partial charge in [0.05, 0.1) is 24.1 Å². The van der Waals surface area contributed by atoms with Gasteiger partial charge in [-0.2, -0.15) is 5.10 Å². The maximum Gasteiger partial charge on any atom is 0.248 e. The van der Waals surface area contributed by atoms with Crippen molar-refractivity contribution in [3.05, 3.63) is 59.5 Å². The first-order valence-corrected chi connectivity index (χ1v) is 6.58. The van der Waals surface area contributed by atoms with Crippen LogP contribution in [0.4, 0.5) is 0 Å². The zero-order chi connectivity index (χ0) is 14.8. The first kappa shape index (κ1) is 13.2. The lowest BCUT2D eigenvalue weighted by molar-refractivity contribution is 0.100. The Morgan fingerprint density at radius 3 is 3.00 bits per heavy atom. The maximum absolute atomic E-state index is 11.3. The van der Waals surface area contributed by atoms with Crippen LogP contribution in [0.2, 0.25) is 0 Å². The fraction of sp³-hybridized carbons (Fsp3) is 0.125. The SMILES string of the molecule is COC1=CC=C(c2n[nH]c3ccc(C(N)=O)cc23)C=CC1. The average molecular weight is 281 g/mol. The van der Waals surface area contributed by atoms with Crippen molar-refractivity contribution in [1.82, 2.24) is 10.2 Å². The number of methoxy groups -OCH3 is 1. The van der Waals surface area contributed by atoms with E-state index in [0.717, 1.165) is 34.3 Å².